The average Bonchev–Trinajstić information content (AvgIpc) is 3.07. The molecule has 5 atom stereocenters. The van der Waals surface area contributed by atoms with E-state index in [1.165, 1.54) is 4.31 Å². The Morgan fingerprint density at radius 1 is 1.29 bits per heavy atom. The summed E-state index contributed by atoms with van der Waals surface area (Å²) in [6.07, 6.45) is 1.78. The number of hydrogen-bond acceptors (Lipinski definition) is 6. The normalized spacial score (nSPS) is 36.5. The lowest BCUT2D eigenvalue weighted by atomic mass is 9.90. The molecule has 134 valence electrons. The van der Waals surface area contributed by atoms with Gasteiger partial charge in [-0.3, -0.25) is 0 Å². The third kappa shape index (κ3) is 2.56. The Hall–Kier alpha value is -1.41. The van der Waals surface area contributed by atoms with E-state index < -0.39 is 40.2 Å². The van der Waals surface area contributed by atoms with E-state index in [4.69, 9.17) is 9.47 Å². The van der Waals surface area contributed by atoms with Gasteiger partial charge in [-0.05, 0) is 45.4 Å². The molecule has 0 aromatic carbocycles. The third-order valence-electron chi connectivity index (χ3n) is 5.18. The van der Waals surface area contributed by atoms with Crippen molar-refractivity contribution in [1.82, 2.24) is 4.31 Å². The van der Waals surface area contributed by atoms with Crippen molar-refractivity contribution in [3.63, 3.8) is 0 Å². The van der Waals surface area contributed by atoms with Crippen LogP contribution in [-0.2, 0) is 29.1 Å². The molecule has 0 N–H and O–H groups in total. The zero-order valence-electron chi connectivity index (χ0n) is 14.1. The Labute approximate surface area is 142 Å². The highest BCUT2D eigenvalue weighted by Gasteiger charge is 2.69. The van der Waals surface area contributed by atoms with Crippen molar-refractivity contribution in [3.05, 3.63) is 12.7 Å². The molecule has 1 heterocycles. The second-order valence-corrected chi connectivity index (χ2v) is 9.73. The molecule has 0 aromatic rings. The molecular weight excluding hydrogens is 334 g/mol. The number of carbonyl (C=O) groups is 2. The number of rotatable bonds is 4. The summed E-state index contributed by atoms with van der Waals surface area (Å²) in [7, 11) is -3.38. The Balaban J connectivity index is 1.78. The highest BCUT2D eigenvalue weighted by Crippen LogP contribution is 2.58. The van der Waals surface area contributed by atoms with Crippen LogP contribution in [0.5, 0.6) is 0 Å². The lowest BCUT2D eigenvalue weighted by Gasteiger charge is -2.37. The largest absolute Gasteiger partial charge is 0.458 e. The molecule has 2 aliphatic carbocycles. The van der Waals surface area contributed by atoms with E-state index in [9.17, 15) is 18.0 Å². The van der Waals surface area contributed by atoms with Crippen LogP contribution in [0.4, 0.5) is 0 Å². The van der Waals surface area contributed by atoms with Crippen LogP contribution in [0.2, 0.25) is 0 Å². The van der Waals surface area contributed by atoms with Crippen LogP contribution in [0.3, 0.4) is 0 Å². The molecule has 24 heavy (non-hydrogen) atoms. The summed E-state index contributed by atoms with van der Waals surface area (Å²) < 4.78 is 37.5. The first-order chi connectivity index (χ1) is 11.1. The molecule has 8 heteroatoms. The maximum Gasteiger partial charge on any atom is 0.344 e. The van der Waals surface area contributed by atoms with Crippen molar-refractivity contribution in [1.29, 1.82) is 0 Å². The van der Waals surface area contributed by atoms with Gasteiger partial charge in [0.15, 0.2) is 6.61 Å². The van der Waals surface area contributed by atoms with E-state index in [2.05, 4.69) is 6.58 Å². The van der Waals surface area contributed by atoms with Gasteiger partial charge in [0.25, 0.3) is 0 Å². The maximum absolute atomic E-state index is 12.8. The molecule has 3 aliphatic rings. The van der Waals surface area contributed by atoms with Crippen molar-refractivity contribution >= 4 is 22.0 Å². The van der Waals surface area contributed by atoms with Gasteiger partial charge in [-0.25, -0.2) is 18.0 Å². The van der Waals surface area contributed by atoms with Gasteiger partial charge in [0.2, 0.25) is 10.0 Å². The van der Waals surface area contributed by atoms with Crippen LogP contribution in [0, 0.1) is 11.8 Å². The second kappa shape index (κ2) is 5.56. The molecule has 0 aromatic heterocycles. The lowest BCUT2D eigenvalue weighted by Crippen LogP contribution is -2.52. The summed E-state index contributed by atoms with van der Waals surface area (Å²) in [5, 5.41) is -0.361. The van der Waals surface area contributed by atoms with Gasteiger partial charge in [0.05, 0.1) is 11.3 Å². The Kier molecular flexibility index (Phi) is 4.03. The van der Waals surface area contributed by atoms with Gasteiger partial charge in [0, 0.05) is 11.6 Å². The third-order valence-corrected chi connectivity index (χ3v) is 7.83. The van der Waals surface area contributed by atoms with Crippen LogP contribution in [0.25, 0.3) is 0 Å². The zero-order valence-corrected chi connectivity index (χ0v) is 14.9. The van der Waals surface area contributed by atoms with Crippen LogP contribution in [-0.4, -0.2) is 54.2 Å². The summed E-state index contributed by atoms with van der Waals surface area (Å²) >= 11 is 0. The number of esters is 2. The summed E-state index contributed by atoms with van der Waals surface area (Å²) in [6.45, 7) is 8.33. The summed E-state index contributed by atoms with van der Waals surface area (Å²) in [5.74, 6) is -1.30. The van der Waals surface area contributed by atoms with E-state index in [1.54, 1.807) is 0 Å². The van der Waals surface area contributed by atoms with Crippen LogP contribution in [0.15, 0.2) is 12.7 Å². The van der Waals surface area contributed by atoms with Crippen molar-refractivity contribution in [2.24, 2.45) is 11.8 Å². The Bertz CT molecular complexity index is 679. The first-order valence-electron chi connectivity index (χ1n) is 8.09. The van der Waals surface area contributed by atoms with Gasteiger partial charge in [-0.15, -0.1) is 0 Å². The summed E-state index contributed by atoms with van der Waals surface area (Å²) in [5.41, 5.74) is -0.574. The molecule has 0 spiro atoms. The van der Waals surface area contributed by atoms with E-state index in [0.29, 0.717) is 6.42 Å². The van der Waals surface area contributed by atoms with E-state index in [1.807, 2.05) is 20.8 Å². The highest BCUT2D eigenvalue weighted by molar-refractivity contribution is 7.90. The Morgan fingerprint density at radius 3 is 2.54 bits per heavy atom. The average molecular weight is 357 g/mol. The summed E-state index contributed by atoms with van der Waals surface area (Å²) in [6, 6.07) is -0.321. The minimum absolute atomic E-state index is 0.00718. The van der Waals surface area contributed by atoms with Gasteiger partial charge < -0.3 is 9.47 Å². The minimum Gasteiger partial charge on any atom is -0.458 e. The molecule has 2 saturated carbocycles. The minimum atomic E-state index is -3.38. The second-order valence-electron chi connectivity index (χ2n) is 7.70. The van der Waals surface area contributed by atoms with E-state index >= 15 is 0 Å². The van der Waals surface area contributed by atoms with Gasteiger partial charge >= 0.3 is 11.9 Å². The first kappa shape index (κ1) is 17.4. The molecule has 1 saturated heterocycles. The lowest BCUT2D eigenvalue weighted by molar-refractivity contribution is -0.164. The molecular formula is C16H23NO6S. The van der Waals surface area contributed by atoms with Gasteiger partial charge in [-0.2, -0.15) is 4.31 Å². The van der Waals surface area contributed by atoms with Crippen LogP contribution >= 0.6 is 0 Å². The highest BCUT2D eigenvalue weighted by atomic mass is 32.2. The quantitative estimate of drug-likeness (QED) is 0.547. The van der Waals surface area contributed by atoms with Gasteiger partial charge in [0.1, 0.15) is 6.10 Å². The monoisotopic (exact) mass is 357 g/mol. The molecule has 3 rings (SSSR count). The summed E-state index contributed by atoms with van der Waals surface area (Å²) in [4.78, 5) is 23.0. The number of carbonyl (C=O) groups excluding carboxylic acids is 2. The fourth-order valence-electron chi connectivity index (χ4n) is 4.56. The number of fused-ring (bicyclic) bond motifs is 1. The standard InChI is InChI=1S/C16H23NO6S/c1-5-12(18)22-8-13(19)23-15-9-6-10-11(7-9)24(20,21)17(14(10)15)16(2,3)4/h5,9-11,14-15H,1,6-8H2,2-4H3. The number of nitrogens with zero attached hydrogens (tertiary/aromatic N) is 1. The van der Waals surface area contributed by atoms with Gasteiger partial charge in [-0.1, -0.05) is 6.58 Å². The van der Waals surface area contributed by atoms with Crippen molar-refractivity contribution in [3.8, 4) is 0 Å². The van der Waals surface area contributed by atoms with Crippen LogP contribution in [0.1, 0.15) is 33.6 Å². The topological polar surface area (TPSA) is 90.0 Å². The number of sulfonamides is 1. The molecule has 7 nitrogen and oxygen atoms in total. The first-order valence-corrected chi connectivity index (χ1v) is 9.59. The van der Waals surface area contributed by atoms with Crippen molar-refractivity contribution in [2.75, 3.05) is 6.61 Å². The van der Waals surface area contributed by atoms with Crippen molar-refractivity contribution < 1.29 is 27.5 Å². The zero-order chi connectivity index (χ0) is 17.9. The van der Waals surface area contributed by atoms with Crippen molar-refractivity contribution in [2.45, 2.75) is 56.5 Å². The fraction of sp³-hybridized carbons (Fsp3) is 0.750. The number of ether oxygens (including phenoxy) is 2. The van der Waals surface area contributed by atoms with E-state index in [-0.39, 0.29) is 23.1 Å². The predicted molar refractivity (Wildman–Crippen MR) is 85.3 cm³/mol. The predicted octanol–water partition coefficient (Wildman–Crippen LogP) is 0.848. The molecule has 3 fully saturated rings. The number of hydrogen-bond donors (Lipinski definition) is 0. The fourth-order valence-corrected chi connectivity index (χ4v) is 7.43. The molecule has 2 bridgehead atoms. The molecule has 0 amide bonds. The maximum atomic E-state index is 12.8. The Morgan fingerprint density at radius 2 is 1.96 bits per heavy atom. The molecule has 5 unspecified atom stereocenters. The van der Waals surface area contributed by atoms with E-state index in [0.717, 1.165) is 12.5 Å². The smallest absolute Gasteiger partial charge is 0.344 e. The molecule has 1 aliphatic heterocycles. The van der Waals surface area contributed by atoms with Crippen LogP contribution < -0.4 is 0 Å². The SMILES string of the molecule is C=CC(=O)OCC(=O)OC1C2CC3C1N(C(C)(C)C)S(=O)(=O)C3C2. The molecule has 0 radical (unpaired) electrons.